The molecule has 2 heterocycles. The molecule has 1 saturated heterocycles. The lowest BCUT2D eigenvalue weighted by atomic mass is 10.1. The van der Waals surface area contributed by atoms with E-state index in [1.165, 1.54) is 25.6 Å². The van der Waals surface area contributed by atoms with Crippen molar-refractivity contribution in [2.45, 2.75) is 25.3 Å². The molecule has 0 aliphatic carbocycles. The fraction of sp³-hybridized carbons (Fsp3) is 0.600. The van der Waals surface area contributed by atoms with Crippen LogP contribution < -0.4 is 10.6 Å². The summed E-state index contributed by atoms with van der Waals surface area (Å²) >= 11 is 5.93. The van der Waals surface area contributed by atoms with Crippen LogP contribution in [0, 0.1) is 0 Å². The van der Waals surface area contributed by atoms with E-state index in [2.05, 4.69) is 20.6 Å². The van der Waals surface area contributed by atoms with E-state index in [0.717, 1.165) is 18.9 Å². The van der Waals surface area contributed by atoms with E-state index in [9.17, 15) is 0 Å². The average molecular weight is 227 g/mol. The van der Waals surface area contributed by atoms with Crippen LogP contribution in [0.4, 0.5) is 5.82 Å². The minimum Gasteiger partial charge on any atom is -0.367 e. The predicted octanol–water partition coefficient (Wildman–Crippen LogP) is 1.68. The van der Waals surface area contributed by atoms with Crippen molar-refractivity contribution < 1.29 is 0 Å². The van der Waals surface area contributed by atoms with E-state index in [1.54, 1.807) is 6.20 Å². The molecule has 1 aromatic heterocycles. The molecule has 1 aliphatic rings. The van der Waals surface area contributed by atoms with Gasteiger partial charge < -0.3 is 10.6 Å². The molecular formula is C10H15ClN4. The maximum Gasteiger partial charge on any atom is 0.148 e. The van der Waals surface area contributed by atoms with Gasteiger partial charge in [0.25, 0.3) is 0 Å². The van der Waals surface area contributed by atoms with Gasteiger partial charge in [0.2, 0.25) is 0 Å². The lowest BCUT2D eigenvalue weighted by Gasteiger charge is -2.23. The molecule has 1 aliphatic heterocycles. The Bertz CT molecular complexity index is 312. The van der Waals surface area contributed by atoms with Gasteiger partial charge >= 0.3 is 0 Å². The molecule has 0 radical (unpaired) electrons. The molecular weight excluding hydrogens is 212 g/mol. The van der Waals surface area contributed by atoms with Crippen LogP contribution >= 0.6 is 11.6 Å². The van der Waals surface area contributed by atoms with Crippen molar-refractivity contribution in [2.24, 2.45) is 0 Å². The van der Waals surface area contributed by atoms with Crippen LogP contribution in [0.5, 0.6) is 0 Å². The second-order valence-corrected chi connectivity index (χ2v) is 4.15. The highest BCUT2D eigenvalue weighted by Crippen LogP contribution is 2.16. The number of aromatic nitrogens is 2. The van der Waals surface area contributed by atoms with Crippen molar-refractivity contribution in [3.05, 3.63) is 17.5 Å². The van der Waals surface area contributed by atoms with Gasteiger partial charge in [-0.3, -0.25) is 0 Å². The quantitative estimate of drug-likeness (QED) is 0.824. The van der Waals surface area contributed by atoms with E-state index in [0.29, 0.717) is 11.1 Å². The summed E-state index contributed by atoms with van der Waals surface area (Å²) < 4.78 is 0. The minimum atomic E-state index is 0.532. The first kappa shape index (κ1) is 10.6. The second kappa shape index (κ2) is 5.28. The van der Waals surface area contributed by atoms with E-state index in [1.807, 2.05) is 0 Å². The number of nitrogens with zero attached hydrogens (tertiary/aromatic N) is 2. The monoisotopic (exact) mass is 226 g/mol. The summed E-state index contributed by atoms with van der Waals surface area (Å²) in [5, 5.41) is 7.27. The summed E-state index contributed by atoms with van der Waals surface area (Å²) in [6.07, 6.45) is 6.91. The Morgan fingerprint density at radius 2 is 2.47 bits per heavy atom. The Morgan fingerprint density at radius 1 is 1.53 bits per heavy atom. The lowest BCUT2D eigenvalue weighted by molar-refractivity contribution is 0.414. The third-order valence-electron chi connectivity index (χ3n) is 2.60. The van der Waals surface area contributed by atoms with Crippen LogP contribution in [0.25, 0.3) is 0 Å². The molecule has 15 heavy (non-hydrogen) atoms. The number of rotatable bonds is 3. The molecule has 1 atom stereocenters. The van der Waals surface area contributed by atoms with Crippen LogP contribution in [0.15, 0.2) is 12.5 Å². The summed E-state index contributed by atoms with van der Waals surface area (Å²) in [6, 6.07) is 0.532. The molecule has 0 bridgehead atoms. The van der Waals surface area contributed by atoms with Gasteiger partial charge in [0.15, 0.2) is 0 Å². The molecule has 4 nitrogen and oxygen atoms in total. The zero-order valence-corrected chi connectivity index (χ0v) is 9.30. The highest BCUT2D eigenvalue weighted by molar-refractivity contribution is 6.32. The number of hydrogen-bond acceptors (Lipinski definition) is 4. The van der Waals surface area contributed by atoms with E-state index >= 15 is 0 Å². The summed E-state index contributed by atoms with van der Waals surface area (Å²) in [6.45, 7) is 1.99. The first-order chi connectivity index (χ1) is 7.36. The van der Waals surface area contributed by atoms with Gasteiger partial charge in [-0.25, -0.2) is 9.97 Å². The maximum absolute atomic E-state index is 5.93. The normalized spacial score (nSPS) is 21.3. The van der Waals surface area contributed by atoms with Gasteiger partial charge in [-0.05, 0) is 19.4 Å². The Balaban J connectivity index is 1.84. The molecule has 0 spiro atoms. The zero-order valence-electron chi connectivity index (χ0n) is 8.54. The summed E-state index contributed by atoms with van der Waals surface area (Å²) in [5.41, 5.74) is 0. The molecule has 1 fully saturated rings. The molecule has 82 valence electrons. The van der Waals surface area contributed by atoms with Crippen molar-refractivity contribution in [2.75, 3.05) is 18.4 Å². The predicted molar refractivity (Wildman–Crippen MR) is 61.2 cm³/mol. The number of nitrogens with one attached hydrogen (secondary N) is 2. The zero-order chi connectivity index (χ0) is 10.5. The molecule has 0 saturated carbocycles. The van der Waals surface area contributed by atoms with Gasteiger partial charge in [-0.15, -0.1) is 0 Å². The Kier molecular flexibility index (Phi) is 3.75. The molecule has 0 amide bonds. The van der Waals surface area contributed by atoms with Gasteiger partial charge in [0.05, 0.1) is 6.20 Å². The fourth-order valence-electron chi connectivity index (χ4n) is 1.76. The number of hydrogen-bond donors (Lipinski definition) is 2. The molecule has 1 unspecified atom stereocenters. The minimum absolute atomic E-state index is 0.532. The third-order valence-corrected chi connectivity index (χ3v) is 2.87. The molecule has 0 aromatic carbocycles. The van der Waals surface area contributed by atoms with Crippen LogP contribution in [-0.2, 0) is 0 Å². The first-order valence-electron chi connectivity index (χ1n) is 5.29. The van der Waals surface area contributed by atoms with E-state index in [4.69, 9.17) is 11.6 Å². The number of halogens is 1. The third kappa shape index (κ3) is 3.04. The standard InChI is InChI=1S/C10H15ClN4/c11-9-6-12-7-15-10(9)14-5-8-3-1-2-4-13-8/h6-8,13H,1-5H2,(H,12,14,15). The first-order valence-corrected chi connectivity index (χ1v) is 5.67. The molecule has 2 rings (SSSR count). The van der Waals surface area contributed by atoms with E-state index in [-0.39, 0.29) is 0 Å². The summed E-state index contributed by atoms with van der Waals surface area (Å²) in [4.78, 5) is 7.92. The van der Waals surface area contributed by atoms with Crippen molar-refractivity contribution in [1.82, 2.24) is 15.3 Å². The van der Waals surface area contributed by atoms with Crippen LogP contribution in [0.1, 0.15) is 19.3 Å². The Hall–Kier alpha value is -0.870. The maximum atomic E-state index is 5.93. The molecule has 5 heteroatoms. The highest BCUT2D eigenvalue weighted by atomic mass is 35.5. The fourth-order valence-corrected chi connectivity index (χ4v) is 1.93. The summed E-state index contributed by atoms with van der Waals surface area (Å²) in [7, 11) is 0. The smallest absolute Gasteiger partial charge is 0.148 e. The van der Waals surface area contributed by atoms with Crippen LogP contribution in [-0.4, -0.2) is 29.1 Å². The topological polar surface area (TPSA) is 49.8 Å². The van der Waals surface area contributed by atoms with Crippen molar-refractivity contribution in [3.63, 3.8) is 0 Å². The van der Waals surface area contributed by atoms with Crippen molar-refractivity contribution >= 4 is 17.4 Å². The van der Waals surface area contributed by atoms with Crippen molar-refractivity contribution in [1.29, 1.82) is 0 Å². The summed E-state index contributed by atoms with van der Waals surface area (Å²) in [5.74, 6) is 0.721. The Morgan fingerprint density at radius 3 is 3.20 bits per heavy atom. The van der Waals surface area contributed by atoms with Gasteiger partial charge in [0, 0.05) is 12.6 Å². The van der Waals surface area contributed by atoms with Crippen LogP contribution in [0.2, 0.25) is 5.02 Å². The Labute approximate surface area is 94.5 Å². The lowest BCUT2D eigenvalue weighted by Crippen LogP contribution is -2.39. The van der Waals surface area contributed by atoms with Gasteiger partial charge in [-0.2, -0.15) is 0 Å². The van der Waals surface area contributed by atoms with E-state index < -0.39 is 0 Å². The van der Waals surface area contributed by atoms with Crippen LogP contribution in [0.3, 0.4) is 0 Å². The largest absolute Gasteiger partial charge is 0.367 e. The second-order valence-electron chi connectivity index (χ2n) is 3.75. The average Bonchev–Trinajstić information content (AvgIpc) is 2.29. The van der Waals surface area contributed by atoms with Gasteiger partial charge in [0.1, 0.15) is 17.2 Å². The molecule has 1 aromatic rings. The van der Waals surface area contributed by atoms with Crippen molar-refractivity contribution in [3.8, 4) is 0 Å². The SMILES string of the molecule is Clc1cncnc1NCC1CCCCN1. The number of anilines is 1. The highest BCUT2D eigenvalue weighted by Gasteiger charge is 2.12. The van der Waals surface area contributed by atoms with Gasteiger partial charge in [-0.1, -0.05) is 18.0 Å². The number of piperidine rings is 1. The molecule has 2 N–H and O–H groups in total.